The highest BCUT2D eigenvalue weighted by Crippen LogP contribution is 2.05. The van der Waals surface area contributed by atoms with Gasteiger partial charge in [0, 0.05) is 7.11 Å². The Hall–Kier alpha value is -2.25. The van der Waals surface area contributed by atoms with Crippen molar-refractivity contribution < 1.29 is 9.53 Å². The molecular weight excluding hydrogens is 258 g/mol. The Morgan fingerprint density at radius 1 is 1.45 bits per heavy atom. The first-order chi connectivity index (χ1) is 9.69. The molecule has 1 aromatic carbocycles. The van der Waals surface area contributed by atoms with Crippen molar-refractivity contribution in [2.75, 3.05) is 19.0 Å². The number of nitrogens with one attached hydrogen (secondary N) is 1. The summed E-state index contributed by atoms with van der Waals surface area (Å²) in [6, 6.07) is 9.13. The molecule has 0 fully saturated rings. The standard InChI is InChI=1S/C13H17N5O2/c1-20-9-11(14)13(19)15-12-8-18(17-16-12)7-10-5-3-2-4-6-10/h2-6,8,11H,7,9,14H2,1H3,(H,15,19)/t11-/m0/s1. The molecule has 1 atom stereocenters. The fourth-order valence-electron chi connectivity index (χ4n) is 1.68. The Morgan fingerprint density at radius 2 is 2.20 bits per heavy atom. The molecule has 0 spiro atoms. The van der Waals surface area contributed by atoms with Gasteiger partial charge in [0.2, 0.25) is 5.91 Å². The minimum absolute atomic E-state index is 0.157. The van der Waals surface area contributed by atoms with Crippen LogP contribution in [0, 0.1) is 0 Å². The summed E-state index contributed by atoms with van der Waals surface area (Å²) in [4.78, 5) is 11.7. The Bertz CT molecular complexity index is 555. The quantitative estimate of drug-likeness (QED) is 0.787. The van der Waals surface area contributed by atoms with Crippen LogP contribution in [-0.4, -0.2) is 40.7 Å². The molecule has 7 nitrogen and oxygen atoms in total. The summed E-state index contributed by atoms with van der Waals surface area (Å²) in [6.45, 7) is 0.748. The van der Waals surface area contributed by atoms with Gasteiger partial charge in [-0.1, -0.05) is 35.5 Å². The number of nitrogens with zero attached hydrogens (tertiary/aromatic N) is 3. The first kappa shape index (κ1) is 14.2. The molecule has 1 aromatic heterocycles. The molecule has 2 rings (SSSR count). The average Bonchev–Trinajstić information content (AvgIpc) is 2.87. The predicted octanol–water partition coefficient (Wildman–Crippen LogP) is 0.239. The second-order valence-electron chi connectivity index (χ2n) is 4.34. The van der Waals surface area contributed by atoms with Crippen LogP contribution in [0.2, 0.25) is 0 Å². The van der Waals surface area contributed by atoms with Crippen LogP contribution in [-0.2, 0) is 16.1 Å². The molecule has 3 N–H and O–H groups in total. The van der Waals surface area contributed by atoms with E-state index in [4.69, 9.17) is 10.5 Å². The molecule has 7 heteroatoms. The van der Waals surface area contributed by atoms with Crippen LogP contribution in [0.5, 0.6) is 0 Å². The molecule has 0 saturated carbocycles. The van der Waals surface area contributed by atoms with Gasteiger partial charge < -0.3 is 15.8 Å². The molecule has 1 amide bonds. The first-order valence-electron chi connectivity index (χ1n) is 6.18. The summed E-state index contributed by atoms with van der Waals surface area (Å²) >= 11 is 0. The van der Waals surface area contributed by atoms with Crippen LogP contribution >= 0.6 is 0 Å². The number of benzene rings is 1. The van der Waals surface area contributed by atoms with Gasteiger partial charge in [-0.2, -0.15) is 0 Å². The molecule has 20 heavy (non-hydrogen) atoms. The van der Waals surface area contributed by atoms with Gasteiger partial charge in [0.15, 0.2) is 5.82 Å². The Balaban J connectivity index is 1.94. The summed E-state index contributed by atoms with van der Waals surface area (Å²) < 4.78 is 6.47. The number of amides is 1. The van der Waals surface area contributed by atoms with Crippen molar-refractivity contribution in [1.82, 2.24) is 15.0 Å². The van der Waals surface area contributed by atoms with Crippen molar-refractivity contribution >= 4 is 11.7 Å². The number of methoxy groups -OCH3 is 1. The van der Waals surface area contributed by atoms with E-state index in [9.17, 15) is 4.79 Å². The fraction of sp³-hybridized carbons (Fsp3) is 0.308. The van der Waals surface area contributed by atoms with E-state index in [1.54, 1.807) is 10.9 Å². The SMILES string of the molecule is COC[C@H](N)C(=O)Nc1cn(Cc2ccccc2)nn1. The molecule has 0 unspecified atom stereocenters. The van der Waals surface area contributed by atoms with Crippen LogP contribution in [0.15, 0.2) is 36.5 Å². The van der Waals surface area contributed by atoms with Crippen LogP contribution in [0.4, 0.5) is 5.82 Å². The molecular formula is C13H17N5O2. The number of nitrogens with two attached hydrogens (primary N) is 1. The summed E-state index contributed by atoms with van der Waals surface area (Å²) in [5.74, 6) is 0.0242. The smallest absolute Gasteiger partial charge is 0.244 e. The van der Waals surface area contributed by atoms with Gasteiger partial charge >= 0.3 is 0 Å². The van der Waals surface area contributed by atoms with Gasteiger partial charge in [-0.25, -0.2) is 4.68 Å². The van der Waals surface area contributed by atoms with Gasteiger partial charge in [0.05, 0.1) is 19.3 Å². The average molecular weight is 275 g/mol. The maximum atomic E-state index is 11.7. The van der Waals surface area contributed by atoms with Gasteiger partial charge in [-0.3, -0.25) is 4.79 Å². The zero-order chi connectivity index (χ0) is 14.4. The second-order valence-corrected chi connectivity index (χ2v) is 4.34. The molecule has 0 bridgehead atoms. The van der Waals surface area contributed by atoms with Crippen molar-refractivity contribution in [3.05, 3.63) is 42.1 Å². The van der Waals surface area contributed by atoms with Crippen LogP contribution in [0.25, 0.3) is 0 Å². The molecule has 0 saturated heterocycles. The maximum Gasteiger partial charge on any atom is 0.244 e. The highest BCUT2D eigenvalue weighted by molar-refractivity contribution is 5.93. The molecule has 2 aromatic rings. The zero-order valence-electron chi connectivity index (χ0n) is 11.2. The molecule has 1 heterocycles. The third kappa shape index (κ3) is 3.87. The van der Waals surface area contributed by atoms with E-state index in [1.807, 2.05) is 30.3 Å². The largest absolute Gasteiger partial charge is 0.383 e. The van der Waals surface area contributed by atoms with Crippen molar-refractivity contribution in [3.63, 3.8) is 0 Å². The predicted molar refractivity (Wildman–Crippen MR) is 74.0 cm³/mol. The molecule has 0 aliphatic heterocycles. The third-order valence-corrected chi connectivity index (χ3v) is 2.66. The monoisotopic (exact) mass is 275 g/mol. The topological polar surface area (TPSA) is 95.1 Å². The Morgan fingerprint density at radius 3 is 2.90 bits per heavy atom. The number of ether oxygens (including phenoxy) is 1. The number of hydrogen-bond donors (Lipinski definition) is 2. The van der Waals surface area contributed by atoms with E-state index >= 15 is 0 Å². The van der Waals surface area contributed by atoms with E-state index in [-0.39, 0.29) is 12.5 Å². The Labute approximate surface area is 116 Å². The van der Waals surface area contributed by atoms with E-state index in [0.29, 0.717) is 12.4 Å². The van der Waals surface area contributed by atoms with Gasteiger partial charge in [0.1, 0.15) is 6.04 Å². The van der Waals surface area contributed by atoms with Gasteiger partial charge in [0.25, 0.3) is 0 Å². The molecule has 0 radical (unpaired) electrons. The van der Waals surface area contributed by atoms with Crippen LogP contribution < -0.4 is 11.1 Å². The highest BCUT2D eigenvalue weighted by atomic mass is 16.5. The van der Waals surface area contributed by atoms with Crippen LogP contribution in [0.1, 0.15) is 5.56 Å². The minimum atomic E-state index is -0.723. The summed E-state index contributed by atoms with van der Waals surface area (Å²) in [5.41, 5.74) is 6.72. The third-order valence-electron chi connectivity index (χ3n) is 2.66. The lowest BCUT2D eigenvalue weighted by Crippen LogP contribution is -2.39. The normalized spacial score (nSPS) is 12.1. The summed E-state index contributed by atoms with van der Waals surface area (Å²) in [7, 11) is 1.49. The van der Waals surface area contributed by atoms with E-state index in [0.717, 1.165) is 5.56 Å². The first-order valence-corrected chi connectivity index (χ1v) is 6.18. The number of hydrogen-bond acceptors (Lipinski definition) is 5. The Kier molecular flexibility index (Phi) is 4.80. The zero-order valence-corrected chi connectivity index (χ0v) is 11.2. The summed E-state index contributed by atoms with van der Waals surface area (Å²) in [6.07, 6.45) is 1.66. The minimum Gasteiger partial charge on any atom is -0.383 e. The van der Waals surface area contributed by atoms with Crippen molar-refractivity contribution in [1.29, 1.82) is 0 Å². The molecule has 0 aliphatic rings. The van der Waals surface area contributed by atoms with E-state index in [1.165, 1.54) is 7.11 Å². The van der Waals surface area contributed by atoms with Gasteiger partial charge in [-0.15, -0.1) is 5.10 Å². The molecule has 0 aliphatic carbocycles. The second kappa shape index (κ2) is 6.78. The molecule has 106 valence electrons. The van der Waals surface area contributed by atoms with Gasteiger partial charge in [-0.05, 0) is 5.56 Å². The lowest BCUT2D eigenvalue weighted by Gasteiger charge is -2.08. The van der Waals surface area contributed by atoms with Crippen LogP contribution in [0.3, 0.4) is 0 Å². The lowest BCUT2D eigenvalue weighted by atomic mass is 10.2. The number of rotatable bonds is 6. The van der Waals surface area contributed by atoms with E-state index < -0.39 is 6.04 Å². The number of carbonyl (C=O) groups is 1. The summed E-state index contributed by atoms with van der Waals surface area (Å²) in [5, 5.41) is 10.4. The van der Waals surface area contributed by atoms with Crippen molar-refractivity contribution in [3.8, 4) is 0 Å². The number of carbonyl (C=O) groups excluding carboxylic acids is 1. The number of aromatic nitrogens is 3. The highest BCUT2D eigenvalue weighted by Gasteiger charge is 2.14. The van der Waals surface area contributed by atoms with Crippen molar-refractivity contribution in [2.45, 2.75) is 12.6 Å². The maximum absolute atomic E-state index is 11.7. The lowest BCUT2D eigenvalue weighted by molar-refractivity contribution is -0.118. The number of anilines is 1. The van der Waals surface area contributed by atoms with Crippen molar-refractivity contribution in [2.24, 2.45) is 5.73 Å². The fourth-order valence-corrected chi connectivity index (χ4v) is 1.68. The van der Waals surface area contributed by atoms with E-state index in [2.05, 4.69) is 15.6 Å².